The van der Waals surface area contributed by atoms with Crippen molar-refractivity contribution in [3.8, 4) is 11.3 Å². The Morgan fingerprint density at radius 2 is 1.37 bits per heavy atom. The fourth-order valence-corrected chi connectivity index (χ4v) is 5.11. The van der Waals surface area contributed by atoms with E-state index < -0.39 is 58.4 Å². The molecule has 1 aromatic rings. The Balaban J connectivity index is 0.00000180. The van der Waals surface area contributed by atoms with Gasteiger partial charge < -0.3 is 20.1 Å². The Labute approximate surface area is 239 Å². The number of carbonyl (C=O) groups excluding carboxylic acids is 1. The highest BCUT2D eigenvalue weighted by Crippen LogP contribution is 2.44. The van der Waals surface area contributed by atoms with Crippen LogP contribution in [-0.4, -0.2) is 42.8 Å². The first-order valence-electron chi connectivity index (χ1n) is 12.3. The molecular weight excluding hydrogens is 576 g/mol. The molecule has 0 saturated heterocycles. The zero-order valence-electron chi connectivity index (χ0n) is 24.1. The molecule has 14 heteroatoms. The highest BCUT2D eigenvalue weighted by atomic mass is 32.2. The van der Waals surface area contributed by atoms with E-state index >= 15 is 0 Å². The van der Waals surface area contributed by atoms with Gasteiger partial charge in [-0.05, 0) is 57.5 Å². The van der Waals surface area contributed by atoms with Crippen LogP contribution in [0, 0.1) is 5.41 Å². The zero-order valence-corrected chi connectivity index (χ0v) is 25.7. The van der Waals surface area contributed by atoms with Gasteiger partial charge in [0.25, 0.3) is 20.2 Å². The van der Waals surface area contributed by atoms with Crippen molar-refractivity contribution in [2.45, 2.75) is 65.2 Å². The molecule has 1 heterocycles. The number of aliphatic carboxylic acids is 1. The van der Waals surface area contributed by atoms with Gasteiger partial charge in [0.2, 0.25) is 0 Å². The number of hydrogen-bond acceptors (Lipinski definition) is 9. The molecule has 0 bridgehead atoms. The van der Waals surface area contributed by atoms with Crippen LogP contribution in [0.2, 0.25) is 0 Å². The Hall–Kier alpha value is -3.85. The van der Waals surface area contributed by atoms with Crippen LogP contribution >= 0.6 is 0 Å². The molecule has 0 radical (unpaired) electrons. The minimum Gasteiger partial charge on any atom is -0.478 e. The van der Waals surface area contributed by atoms with E-state index in [9.17, 15) is 40.6 Å². The van der Waals surface area contributed by atoms with E-state index in [1.165, 1.54) is 52.0 Å². The summed E-state index contributed by atoms with van der Waals surface area (Å²) in [4.78, 5) is 19.5. The second-order valence-corrected chi connectivity index (χ2v) is 10.4. The monoisotopic (exact) mass is 612 g/mol. The number of carbonyl (C=O) groups is 2. The average Bonchev–Trinajstić information content (AvgIpc) is 2.86. The van der Waals surface area contributed by atoms with Crippen molar-refractivity contribution in [3.05, 3.63) is 52.9 Å². The SMILES string of the molecule is C/C=C(\C(=C/C)C(=O)O)c1c2ccc(=N)c(S(=O)(=O)O)c-2oc2c(S(=O)(=O)O)c(N)ccc12.CC.CC.CC(C)=O. The molecule has 0 aromatic heterocycles. The summed E-state index contributed by atoms with van der Waals surface area (Å²) in [5.74, 6) is -1.78. The third kappa shape index (κ3) is 8.57. The molecule has 2 aliphatic rings. The lowest BCUT2D eigenvalue weighted by molar-refractivity contribution is -0.132. The summed E-state index contributed by atoms with van der Waals surface area (Å²) in [5, 5.41) is 16.9. The average molecular weight is 613 g/mol. The second kappa shape index (κ2) is 15.2. The summed E-state index contributed by atoms with van der Waals surface area (Å²) in [6, 6.07) is 4.80. The first-order valence-corrected chi connectivity index (χ1v) is 15.2. The molecule has 41 heavy (non-hydrogen) atoms. The van der Waals surface area contributed by atoms with Gasteiger partial charge in [0.1, 0.15) is 5.78 Å². The first kappa shape index (κ1) is 37.1. The standard InChI is InChI=1S/C20H18N2O9S2.C3H6O.2C2H6/c1-3-9(10(4-2)20(23)24)15-11-5-7-13(21)18(32(25,26)27)16(11)31-17-12(15)6-8-14(22)19(17)33(28,29)30;1-3(2)4;2*1-2/h3-8,21H,22H2,1-2H3,(H,23,24)(H,25,26,27)(H,28,29,30);1-2H3;2*1-2H3/b9-3+,10-4+,21-13?;;;. The number of carboxylic acids is 1. The molecule has 12 nitrogen and oxygen atoms in total. The van der Waals surface area contributed by atoms with E-state index in [-0.39, 0.29) is 33.4 Å². The Morgan fingerprint density at radius 3 is 1.76 bits per heavy atom. The number of nitrogens with two attached hydrogens (primary N) is 1. The summed E-state index contributed by atoms with van der Waals surface area (Å²) in [6.45, 7) is 14.0. The fraction of sp³-hybridized carbons (Fsp3) is 0.296. The molecule has 0 unspecified atom stereocenters. The van der Waals surface area contributed by atoms with Gasteiger partial charge in [-0.15, -0.1) is 0 Å². The van der Waals surface area contributed by atoms with E-state index in [0.717, 1.165) is 12.1 Å². The smallest absolute Gasteiger partial charge is 0.335 e. The van der Waals surface area contributed by atoms with Crippen molar-refractivity contribution in [1.82, 2.24) is 0 Å². The molecule has 6 N–H and O–H groups in total. The largest absolute Gasteiger partial charge is 0.478 e. The molecule has 226 valence electrons. The quantitative estimate of drug-likeness (QED) is 0.0829. The van der Waals surface area contributed by atoms with Crippen LogP contribution in [-0.2, 0) is 29.8 Å². The number of nitrogen functional groups attached to an aromatic ring is 1. The Kier molecular flexibility index (Phi) is 13.8. The van der Waals surface area contributed by atoms with Gasteiger partial charge >= 0.3 is 5.97 Å². The highest BCUT2D eigenvalue weighted by Gasteiger charge is 2.32. The van der Waals surface area contributed by atoms with Crippen LogP contribution in [0.4, 0.5) is 5.69 Å². The molecule has 0 spiro atoms. The van der Waals surface area contributed by atoms with Crippen LogP contribution < -0.4 is 11.1 Å². The third-order valence-corrected chi connectivity index (χ3v) is 6.74. The minimum atomic E-state index is -5.05. The number of rotatable bonds is 5. The van der Waals surface area contributed by atoms with Crippen LogP contribution in [0.3, 0.4) is 0 Å². The molecule has 0 saturated carbocycles. The molecule has 1 aliphatic carbocycles. The summed E-state index contributed by atoms with van der Waals surface area (Å²) in [5.41, 5.74) is 4.56. The fourth-order valence-electron chi connectivity index (χ4n) is 3.63. The number of fused-ring (bicyclic) bond motifs is 2. The molecule has 1 aliphatic heterocycles. The maximum atomic E-state index is 12.1. The molecular formula is C27H36N2O10S2. The van der Waals surface area contributed by atoms with Crippen LogP contribution in [0.25, 0.3) is 27.9 Å². The Bertz CT molecular complexity index is 1730. The molecule has 3 rings (SSSR count). The molecule has 0 amide bonds. The number of Topliss-reactive ketones (excluding diaryl/α,β-unsaturated/α-hetero) is 1. The van der Waals surface area contributed by atoms with Crippen molar-refractivity contribution in [1.29, 1.82) is 5.41 Å². The van der Waals surface area contributed by atoms with E-state index in [0.29, 0.717) is 0 Å². The van der Waals surface area contributed by atoms with E-state index in [1.807, 2.05) is 27.7 Å². The first-order chi connectivity index (χ1) is 19.0. The summed E-state index contributed by atoms with van der Waals surface area (Å²) in [6.07, 6.45) is 2.69. The van der Waals surface area contributed by atoms with E-state index in [1.54, 1.807) is 0 Å². The lowest BCUT2D eigenvalue weighted by Crippen LogP contribution is -2.17. The van der Waals surface area contributed by atoms with E-state index in [4.69, 9.17) is 15.6 Å². The number of benzene rings is 2. The summed E-state index contributed by atoms with van der Waals surface area (Å²) >= 11 is 0. The number of nitrogens with one attached hydrogen (secondary N) is 1. The van der Waals surface area contributed by atoms with Gasteiger partial charge in [0.05, 0.1) is 16.6 Å². The molecule has 0 atom stereocenters. The van der Waals surface area contributed by atoms with Gasteiger partial charge in [0, 0.05) is 16.5 Å². The maximum Gasteiger partial charge on any atom is 0.335 e. The van der Waals surface area contributed by atoms with Crippen molar-refractivity contribution in [3.63, 3.8) is 0 Å². The lowest BCUT2D eigenvalue weighted by Gasteiger charge is -2.20. The van der Waals surface area contributed by atoms with Gasteiger partial charge in [-0.3, -0.25) is 14.5 Å². The van der Waals surface area contributed by atoms with Crippen LogP contribution in [0.15, 0.2) is 56.2 Å². The predicted molar refractivity (Wildman–Crippen MR) is 157 cm³/mol. The number of allylic oxidation sites excluding steroid dienone is 2. The van der Waals surface area contributed by atoms with Crippen LogP contribution in [0.1, 0.15) is 61.0 Å². The van der Waals surface area contributed by atoms with Crippen molar-refractivity contribution in [2.75, 3.05) is 5.73 Å². The highest BCUT2D eigenvalue weighted by molar-refractivity contribution is 7.86. The molecule has 1 aromatic carbocycles. The van der Waals surface area contributed by atoms with Gasteiger partial charge in [0.15, 0.2) is 21.1 Å². The van der Waals surface area contributed by atoms with E-state index in [2.05, 4.69) is 0 Å². The van der Waals surface area contributed by atoms with Crippen molar-refractivity contribution in [2.24, 2.45) is 0 Å². The van der Waals surface area contributed by atoms with Crippen molar-refractivity contribution >= 4 is 54.2 Å². The zero-order chi connectivity index (χ0) is 32.5. The lowest BCUT2D eigenvalue weighted by atomic mass is 9.89. The Morgan fingerprint density at radius 1 is 0.878 bits per heavy atom. The third-order valence-electron chi connectivity index (χ3n) is 4.88. The van der Waals surface area contributed by atoms with Gasteiger partial charge in [-0.25, -0.2) is 4.79 Å². The van der Waals surface area contributed by atoms with Crippen molar-refractivity contribution < 1.29 is 45.1 Å². The number of carboxylic acid groups (broad SMARTS) is 1. The summed E-state index contributed by atoms with van der Waals surface area (Å²) in [7, 11) is -10.1. The van der Waals surface area contributed by atoms with Gasteiger partial charge in [-0.2, -0.15) is 16.8 Å². The topological polar surface area (TPSA) is 226 Å². The number of hydrogen-bond donors (Lipinski definition) is 5. The molecule has 0 fully saturated rings. The summed E-state index contributed by atoms with van der Waals surface area (Å²) < 4.78 is 73.4. The second-order valence-electron chi connectivity index (χ2n) is 7.72. The van der Waals surface area contributed by atoms with Gasteiger partial charge in [-0.1, -0.05) is 39.8 Å². The normalized spacial score (nSPS) is 11.9. The predicted octanol–water partition coefficient (Wildman–Crippen LogP) is 5.17. The minimum absolute atomic E-state index is 0.0166. The van der Waals surface area contributed by atoms with Crippen LogP contribution in [0.5, 0.6) is 0 Å². The number of anilines is 1. The number of ketones is 1. The maximum absolute atomic E-state index is 12.1.